The van der Waals surface area contributed by atoms with Crippen molar-refractivity contribution in [3.05, 3.63) is 28.8 Å². The second kappa shape index (κ2) is 6.22. The molecule has 1 fully saturated rings. The molecule has 1 aromatic rings. The molecular weight excluding hydrogens is 291 g/mol. The highest BCUT2D eigenvalue weighted by Crippen LogP contribution is 2.37. The lowest BCUT2D eigenvalue weighted by atomic mass is 9.84. The van der Waals surface area contributed by atoms with Crippen molar-refractivity contribution >= 4 is 11.6 Å². The third-order valence-electron chi connectivity index (χ3n) is 3.77. The molecule has 0 bridgehead atoms. The highest BCUT2D eigenvalue weighted by atomic mass is 35.5. The predicted molar refractivity (Wildman–Crippen MR) is 71.8 cm³/mol. The van der Waals surface area contributed by atoms with E-state index in [2.05, 4.69) is 5.32 Å². The quantitative estimate of drug-likeness (QED) is 0.874. The van der Waals surface area contributed by atoms with Crippen LogP contribution in [0, 0.1) is 5.92 Å². The Labute approximate surface area is 120 Å². The molecule has 2 atom stereocenters. The van der Waals surface area contributed by atoms with E-state index in [9.17, 15) is 18.3 Å². The van der Waals surface area contributed by atoms with Crippen LogP contribution < -0.4 is 5.32 Å². The zero-order valence-electron chi connectivity index (χ0n) is 10.9. The van der Waals surface area contributed by atoms with E-state index in [4.69, 9.17) is 11.6 Å². The van der Waals surface area contributed by atoms with Crippen LogP contribution in [0.3, 0.4) is 0 Å². The van der Waals surface area contributed by atoms with Gasteiger partial charge in [-0.3, -0.25) is 0 Å². The number of aromatic hydroxyl groups is 1. The van der Waals surface area contributed by atoms with Crippen molar-refractivity contribution in [2.45, 2.75) is 44.4 Å². The Morgan fingerprint density at radius 3 is 2.60 bits per heavy atom. The van der Waals surface area contributed by atoms with Gasteiger partial charge in [0, 0.05) is 12.6 Å². The van der Waals surface area contributed by atoms with Crippen LogP contribution in [-0.4, -0.2) is 17.3 Å². The molecule has 0 aromatic heterocycles. The van der Waals surface area contributed by atoms with Gasteiger partial charge in [-0.15, -0.1) is 0 Å². The van der Waals surface area contributed by atoms with Gasteiger partial charge >= 0.3 is 6.18 Å². The van der Waals surface area contributed by atoms with Gasteiger partial charge in [0.25, 0.3) is 0 Å². The molecule has 0 heterocycles. The number of nitrogens with one attached hydrogen (secondary N) is 1. The SMILES string of the molecule is Oc1ccc(CNC2CCCCC2C(F)(F)F)cc1Cl. The van der Waals surface area contributed by atoms with Crippen molar-refractivity contribution in [3.8, 4) is 5.75 Å². The third kappa shape index (κ3) is 3.79. The molecule has 2 N–H and O–H groups in total. The standard InChI is InChI=1S/C14H17ClF3NO/c15-11-7-9(5-6-13(11)20)8-19-12-4-2-1-3-10(12)14(16,17)18/h5-7,10,12,19-20H,1-4,8H2. The first-order valence-corrected chi connectivity index (χ1v) is 7.03. The molecule has 1 aliphatic rings. The lowest BCUT2D eigenvalue weighted by molar-refractivity contribution is -0.189. The molecule has 20 heavy (non-hydrogen) atoms. The zero-order valence-corrected chi connectivity index (χ0v) is 11.6. The van der Waals surface area contributed by atoms with Crippen LogP contribution in [0.15, 0.2) is 18.2 Å². The fourth-order valence-electron chi connectivity index (χ4n) is 2.68. The summed E-state index contributed by atoms with van der Waals surface area (Å²) in [5, 5.41) is 12.5. The first-order valence-electron chi connectivity index (χ1n) is 6.65. The molecule has 1 aromatic carbocycles. The Hall–Kier alpha value is -0.940. The minimum atomic E-state index is -4.15. The van der Waals surface area contributed by atoms with E-state index in [1.165, 1.54) is 6.07 Å². The highest BCUT2D eigenvalue weighted by molar-refractivity contribution is 6.32. The van der Waals surface area contributed by atoms with Gasteiger partial charge < -0.3 is 10.4 Å². The summed E-state index contributed by atoms with van der Waals surface area (Å²) in [7, 11) is 0. The van der Waals surface area contributed by atoms with Gasteiger partial charge in [0.05, 0.1) is 10.9 Å². The van der Waals surface area contributed by atoms with Crippen molar-refractivity contribution in [1.82, 2.24) is 5.32 Å². The van der Waals surface area contributed by atoms with E-state index in [1.807, 2.05) is 0 Å². The molecule has 1 aliphatic carbocycles. The first-order chi connectivity index (χ1) is 9.38. The summed E-state index contributed by atoms with van der Waals surface area (Å²) in [6.45, 7) is 0.317. The molecular formula is C14H17ClF3NO. The van der Waals surface area contributed by atoms with E-state index in [-0.39, 0.29) is 17.2 Å². The fourth-order valence-corrected chi connectivity index (χ4v) is 2.88. The molecule has 2 rings (SSSR count). The van der Waals surface area contributed by atoms with Gasteiger partial charge in [0.2, 0.25) is 0 Å². The average molecular weight is 308 g/mol. The second-order valence-corrected chi connectivity index (χ2v) is 5.61. The summed E-state index contributed by atoms with van der Waals surface area (Å²) in [5.41, 5.74) is 0.763. The molecule has 0 radical (unpaired) electrons. The molecule has 2 nitrogen and oxygen atoms in total. The molecule has 112 valence electrons. The number of hydrogen-bond acceptors (Lipinski definition) is 2. The van der Waals surface area contributed by atoms with Gasteiger partial charge in [-0.05, 0) is 30.5 Å². The van der Waals surface area contributed by atoms with Gasteiger partial charge in [-0.1, -0.05) is 30.5 Å². The maximum atomic E-state index is 12.9. The van der Waals surface area contributed by atoms with Crippen molar-refractivity contribution in [1.29, 1.82) is 0 Å². The smallest absolute Gasteiger partial charge is 0.393 e. The number of phenols is 1. The van der Waals surface area contributed by atoms with E-state index >= 15 is 0 Å². The zero-order chi connectivity index (χ0) is 14.8. The molecule has 6 heteroatoms. The van der Waals surface area contributed by atoms with E-state index in [1.54, 1.807) is 12.1 Å². The van der Waals surface area contributed by atoms with E-state index < -0.39 is 18.1 Å². The van der Waals surface area contributed by atoms with Crippen molar-refractivity contribution < 1.29 is 18.3 Å². The van der Waals surface area contributed by atoms with Crippen molar-refractivity contribution in [3.63, 3.8) is 0 Å². The van der Waals surface area contributed by atoms with Crippen molar-refractivity contribution in [2.24, 2.45) is 5.92 Å². The average Bonchev–Trinajstić information content (AvgIpc) is 2.39. The molecule has 1 saturated carbocycles. The van der Waals surface area contributed by atoms with Gasteiger partial charge in [-0.2, -0.15) is 13.2 Å². The lowest BCUT2D eigenvalue weighted by Crippen LogP contribution is -2.45. The van der Waals surface area contributed by atoms with E-state index in [0.717, 1.165) is 12.0 Å². The highest BCUT2D eigenvalue weighted by Gasteiger charge is 2.45. The summed E-state index contributed by atoms with van der Waals surface area (Å²) >= 11 is 5.78. The monoisotopic (exact) mass is 307 g/mol. The summed E-state index contributed by atoms with van der Waals surface area (Å²) in [5.74, 6) is -1.30. The minimum absolute atomic E-state index is 0.0266. The maximum Gasteiger partial charge on any atom is 0.393 e. The van der Waals surface area contributed by atoms with Crippen LogP contribution in [0.4, 0.5) is 13.2 Å². The summed E-state index contributed by atoms with van der Waals surface area (Å²) in [6, 6.07) is 4.12. The lowest BCUT2D eigenvalue weighted by Gasteiger charge is -2.33. The normalized spacial score (nSPS) is 23.8. The van der Waals surface area contributed by atoms with Gasteiger partial charge in [0.15, 0.2) is 0 Å². The molecule has 2 unspecified atom stereocenters. The topological polar surface area (TPSA) is 32.3 Å². The van der Waals surface area contributed by atoms with Crippen LogP contribution in [0.5, 0.6) is 5.75 Å². The van der Waals surface area contributed by atoms with Crippen LogP contribution >= 0.6 is 11.6 Å². The van der Waals surface area contributed by atoms with Gasteiger partial charge in [0.1, 0.15) is 5.75 Å². The predicted octanol–water partition coefficient (Wildman–Crippen LogP) is 4.26. The Kier molecular flexibility index (Phi) is 4.81. The first kappa shape index (κ1) is 15.4. The van der Waals surface area contributed by atoms with E-state index in [0.29, 0.717) is 19.4 Å². The molecule has 0 aliphatic heterocycles. The Morgan fingerprint density at radius 1 is 1.25 bits per heavy atom. The number of alkyl halides is 3. The number of hydrogen-bond donors (Lipinski definition) is 2. The number of benzene rings is 1. The Morgan fingerprint density at radius 2 is 1.95 bits per heavy atom. The van der Waals surface area contributed by atoms with Crippen LogP contribution in [0.2, 0.25) is 5.02 Å². The molecule has 0 amide bonds. The van der Waals surface area contributed by atoms with Crippen molar-refractivity contribution in [2.75, 3.05) is 0 Å². The molecule has 0 spiro atoms. The summed E-state index contributed by atoms with van der Waals surface area (Å²) < 4.78 is 38.8. The van der Waals surface area contributed by atoms with Crippen LogP contribution in [0.1, 0.15) is 31.2 Å². The third-order valence-corrected chi connectivity index (χ3v) is 4.07. The Balaban J connectivity index is 1.99. The molecule has 0 saturated heterocycles. The summed E-state index contributed by atoms with van der Waals surface area (Å²) in [4.78, 5) is 0. The Bertz CT molecular complexity index is 464. The van der Waals surface area contributed by atoms with Gasteiger partial charge in [-0.25, -0.2) is 0 Å². The number of rotatable bonds is 3. The number of halogens is 4. The van der Waals surface area contributed by atoms with Crippen LogP contribution in [0.25, 0.3) is 0 Å². The fraction of sp³-hybridized carbons (Fsp3) is 0.571. The second-order valence-electron chi connectivity index (χ2n) is 5.21. The number of phenolic OH excluding ortho intramolecular Hbond substituents is 1. The van der Waals surface area contributed by atoms with Crippen LogP contribution in [-0.2, 0) is 6.54 Å². The minimum Gasteiger partial charge on any atom is -0.506 e. The maximum absolute atomic E-state index is 12.9. The summed E-state index contributed by atoms with van der Waals surface area (Å²) in [6.07, 6.45) is -1.97. The largest absolute Gasteiger partial charge is 0.506 e.